The molecule has 1 aromatic heterocycles. The van der Waals surface area contributed by atoms with E-state index in [1.807, 2.05) is 24.3 Å². The summed E-state index contributed by atoms with van der Waals surface area (Å²) in [5, 5.41) is 6.73. The zero-order valence-corrected chi connectivity index (χ0v) is 11.1. The minimum atomic E-state index is -0.482. The Balaban J connectivity index is 2.32. The summed E-state index contributed by atoms with van der Waals surface area (Å²) in [7, 11) is 0. The van der Waals surface area contributed by atoms with Crippen molar-refractivity contribution in [1.82, 2.24) is 10.2 Å². The van der Waals surface area contributed by atoms with Gasteiger partial charge < -0.3 is 10.5 Å². The highest BCUT2D eigenvalue weighted by molar-refractivity contribution is 5.96. The van der Waals surface area contributed by atoms with E-state index in [1.54, 1.807) is 6.92 Å². The fraction of sp³-hybridized carbons (Fsp3) is 0.286. The van der Waals surface area contributed by atoms with Gasteiger partial charge in [-0.2, -0.15) is 5.10 Å². The number of hydrogen-bond donors (Lipinski definition) is 2. The number of carbonyl (C=O) groups excluding carboxylic acids is 1. The summed E-state index contributed by atoms with van der Waals surface area (Å²) in [5.74, 6) is -0.482. The third-order valence-corrected chi connectivity index (χ3v) is 2.92. The van der Waals surface area contributed by atoms with Gasteiger partial charge in [-0.15, -0.1) is 0 Å². The molecule has 0 unspecified atom stereocenters. The van der Waals surface area contributed by atoms with E-state index in [0.29, 0.717) is 18.0 Å². The number of nitrogens with one attached hydrogen (secondary N) is 1. The summed E-state index contributed by atoms with van der Waals surface area (Å²) < 4.78 is 4.90. The topological polar surface area (TPSA) is 81.0 Å². The van der Waals surface area contributed by atoms with Gasteiger partial charge in [0.1, 0.15) is 5.69 Å². The number of carbonyl (C=O) groups is 1. The second-order valence-corrected chi connectivity index (χ2v) is 4.13. The van der Waals surface area contributed by atoms with Crippen molar-refractivity contribution in [2.45, 2.75) is 20.3 Å². The first-order chi connectivity index (χ1) is 9.17. The molecule has 0 bridgehead atoms. The van der Waals surface area contributed by atoms with Crippen LogP contribution < -0.4 is 5.73 Å². The lowest BCUT2D eigenvalue weighted by molar-refractivity contribution is 0.0520. The Labute approximate surface area is 111 Å². The van der Waals surface area contributed by atoms with Crippen molar-refractivity contribution in [2.24, 2.45) is 0 Å². The van der Waals surface area contributed by atoms with Crippen molar-refractivity contribution >= 4 is 11.7 Å². The van der Waals surface area contributed by atoms with Crippen LogP contribution in [0.2, 0.25) is 0 Å². The Hall–Kier alpha value is -2.30. The first-order valence-electron chi connectivity index (χ1n) is 6.27. The summed E-state index contributed by atoms with van der Waals surface area (Å²) in [6, 6.07) is 7.93. The van der Waals surface area contributed by atoms with Crippen LogP contribution in [0, 0.1) is 0 Å². The molecular formula is C14H17N3O2. The maximum atomic E-state index is 11.6. The Morgan fingerprint density at radius 1 is 1.32 bits per heavy atom. The minimum Gasteiger partial charge on any atom is -0.461 e. The standard InChI is InChI=1S/C14H17N3O2/c1-3-9-5-7-10(8-6-9)12-11(15)13(17-16-12)14(18)19-4-2/h5-8H,3-4,15H2,1-2H3,(H,16,17). The van der Waals surface area contributed by atoms with Crippen LogP contribution >= 0.6 is 0 Å². The quantitative estimate of drug-likeness (QED) is 0.826. The van der Waals surface area contributed by atoms with Crippen LogP contribution in [0.1, 0.15) is 29.9 Å². The summed E-state index contributed by atoms with van der Waals surface area (Å²) in [5.41, 5.74) is 9.16. The summed E-state index contributed by atoms with van der Waals surface area (Å²) >= 11 is 0. The predicted molar refractivity (Wildman–Crippen MR) is 73.8 cm³/mol. The molecule has 0 spiro atoms. The molecule has 0 radical (unpaired) electrons. The first-order valence-corrected chi connectivity index (χ1v) is 6.27. The fourth-order valence-electron chi connectivity index (χ4n) is 1.83. The van der Waals surface area contributed by atoms with Crippen molar-refractivity contribution in [1.29, 1.82) is 0 Å². The number of anilines is 1. The van der Waals surface area contributed by atoms with Gasteiger partial charge in [0.25, 0.3) is 0 Å². The number of rotatable bonds is 4. The molecule has 5 nitrogen and oxygen atoms in total. The number of esters is 1. The van der Waals surface area contributed by atoms with Gasteiger partial charge in [0, 0.05) is 5.56 Å². The number of nitrogens with two attached hydrogens (primary N) is 1. The van der Waals surface area contributed by atoms with Crippen LogP contribution in [0.3, 0.4) is 0 Å². The van der Waals surface area contributed by atoms with E-state index in [9.17, 15) is 4.79 Å². The van der Waals surface area contributed by atoms with Crippen LogP contribution in [-0.4, -0.2) is 22.8 Å². The Kier molecular flexibility index (Phi) is 3.85. The molecule has 0 aliphatic rings. The van der Waals surface area contributed by atoms with Crippen molar-refractivity contribution in [3.05, 3.63) is 35.5 Å². The third-order valence-electron chi connectivity index (χ3n) is 2.92. The Bertz CT molecular complexity index is 573. The summed E-state index contributed by atoms with van der Waals surface area (Å²) in [6.45, 7) is 4.14. The van der Waals surface area contributed by atoms with Crippen LogP contribution in [0.25, 0.3) is 11.3 Å². The lowest BCUT2D eigenvalue weighted by atomic mass is 10.1. The molecule has 1 aromatic carbocycles. The largest absolute Gasteiger partial charge is 0.461 e. The third kappa shape index (κ3) is 2.59. The number of nitrogen functional groups attached to an aromatic ring is 1. The molecule has 2 rings (SSSR count). The number of benzene rings is 1. The molecule has 19 heavy (non-hydrogen) atoms. The molecule has 5 heteroatoms. The highest BCUT2D eigenvalue weighted by atomic mass is 16.5. The SMILES string of the molecule is CCOC(=O)c1[nH]nc(-c2ccc(CC)cc2)c1N. The molecule has 0 saturated carbocycles. The highest BCUT2D eigenvalue weighted by Crippen LogP contribution is 2.26. The second-order valence-electron chi connectivity index (χ2n) is 4.13. The first kappa shape index (κ1) is 13.1. The molecule has 0 atom stereocenters. The zero-order chi connectivity index (χ0) is 13.8. The van der Waals surface area contributed by atoms with Gasteiger partial charge in [0.2, 0.25) is 0 Å². The fourth-order valence-corrected chi connectivity index (χ4v) is 1.83. The van der Waals surface area contributed by atoms with E-state index in [2.05, 4.69) is 17.1 Å². The van der Waals surface area contributed by atoms with Crippen LogP contribution in [0.5, 0.6) is 0 Å². The second kappa shape index (κ2) is 5.56. The number of aryl methyl sites for hydroxylation is 1. The van der Waals surface area contributed by atoms with Gasteiger partial charge in [0.05, 0.1) is 12.3 Å². The van der Waals surface area contributed by atoms with Crippen LogP contribution in [-0.2, 0) is 11.2 Å². The average Bonchev–Trinajstić information content (AvgIpc) is 2.81. The Morgan fingerprint density at radius 3 is 2.58 bits per heavy atom. The van der Waals surface area contributed by atoms with Gasteiger partial charge >= 0.3 is 5.97 Å². The average molecular weight is 259 g/mol. The monoisotopic (exact) mass is 259 g/mol. The molecule has 100 valence electrons. The van der Waals surface area contributed by atoms with Gasteiger partial charge in [-0.25, -0.2) is 4.79 Å². The molecular weight excluding hydrogens is 242 g/mol. The number of nitrogens with zero attached hydrogens (tertiary/aromatic N) is 1. The van der Waals surface area contributed by atoms with Crippen LogP contribution in [0.4, 0.5) is 5.69 Å². The van der Waals surface area contributed by atoms with Crippen molar-refractivity contribution in [3.8, 4) is 11.3 Å². The number of aromatic nitrogens is 2. The lowest BCUT2D eigenvalue weighted by Crippen LogP contribution is -2.07. The predicted octanol–water partition coefficient (Wildman–Crippen LogP) is 2.40. The van der Waals surface area contributed by atoms with Crippen molar-refractivity contribution < 1.29 is 9.53 Å². The number of aromatic amines is 1. The van der Waals surface area contributed by atoms with Gasteiger partial charge in [-0.1, -0.05) is 31.2 Å². The van der Waals surface area contributed by atoms with Crippen molar-refractivity contribution in [3.63, 3.8) is 0 Å². The summed E-state index contributed by atoms with van der Waals surface area (Å²) in [4.78, 5) is 11.6. The Morgan fingerprint density at radius 2 is 2.00 bits per heavy atom. The van der Waals surface area contributed by atoms with E-state index >= 15 is 0 Å². The molecule has 0 aliphatic carbocycles. The van der Waals surface area contributed by atoms with Gasteiger partial charge in [0.15, 0.2) is 5.69 Å². The van der Waals surface area contributed by atoms with Crippen LogP contribution in [0.15, 0.2) is 24.3 Å². The minimum absolute atomic E-state index is 0.205. The molecule has 0 saturated heterocycles. The van der Waals surface area contributed by atoms with E-state index in [4.69, 9.17) is 10.5 Å². The smallest absolute Gasteiger partial charge is 0.358 e. The van der Waals surface area contributed by atoms with Gasteiger partial charge in [-0.05, 0) is 18.9 Å². The normalized spacial score (nSPS) is 10.4. The van der Waals surface area contributed by atoms with Crippen molar-refractivity contribution in [2.75, 3.05) is 12.3 Å². The molecule has 0 fully saturated rings. The molecule has 0 aliphatic heterocycles. The maximum absolute atomic E-state index is 11.6. The van der Waals surface area contributed by atoms with E-state index in [-0.39, 0.29) is 5.69 Å². The molecule has 3 N–H and O–H groups in total. The summed E-state index contributed by atoms with van der Waals surface area (Å²) in [6.07, 6.45) is 0.977. The van der Waals surface area contributed by atoms with E-state index in [1.165, 1.54) is 5.56 Å². The maximum Gasteiger partial charge on any atom is 0.358 e. The van der Waals surface area contributed by atoms with Gasteiger partial charge in [-0.3, -0.25) is 5.10 Å². The molecule has 1 heterocycles. The zero-order valence-electron chi connectivity index (χ0n) is 11.1. The molecule has 2 aromatic rings. The van der Waals surface area contributed by atoms with E-state index in [0.717, 1.165) is 12.0 Å². The highest BCUT2D eigenvalue weighted by Gasteiger charge is 2.18. The number of hydrogen-bond acceptors (Lipinski definition) is 4. The van der Waals surface area contributed by atoms with E-state index < -0.39 is 5.97 Å². The lowest BCUT2D eigenvalue weighted by Gasteiger charge is -2.02. The number of ether oxygens (including phenoxy) is 1. The number of H-pyrrole nitrogens is 1. The molecule has 0 amide bonds.